The largest absolute Gasteiger partial charge is 0.497 e. The lowest BCUT2D eigenvalue weighted by atomic mass is 10.1. The van der Waals surface area contributed by atoms with Crippen LogP contribution in [0, 0.1) is 0 Å². The molecule has 1 aromatic heterocycles. The summed E-state index contributed by atoms with van der Waals surface area (Å²) in [6.07, 6.45) is 1.24. The van der Waals surface area contributed by atoms with Crippen molar-refractivity contribution in [3.05, 3.63) is 77.8 Å². The van der Waals surface area contributed by atoms with Crippen LogP contribution in [0.15, 0.2) is 72.8 Å². The van der Waals surface area contributed by atoms with E-state index in [9.17, 15) is 4.79 Å². The molecule has 3 aromatic carbocycles. The molecule has 0 fully saturated rings. The third kappa shape index (κ3) is 5.64. The zero-order valence-electron chi connectivity index (χ0n) is 19.3. The Bertz CT molecular complexity index is 1260. The Morgan fingerprint density at radius 2 is 1.76 bits per heavy atom. The molecule has 6 nitrogen and oxygen atoms in total. The molecule has 0 aliphatic carbocycles. The van der Waals surface area contributed by atoms with Crippen LogP contribution >= 0.6 is 11.6 Å². The first kappa shape index (κ1) is 23.5. The van der Waals surface area contributed by atoms with Crippen LogP contribution in [-0.2, 0) is 4.79 Å². The minimum Gasteiger partial charge on any atom is -0.497 e. The summed E-state index contributed by atoms with van der Waals surface area (Å²) >= 11 is 6.27. The Labute approximate surface area is 204 Å². The molecule has 1 amide bonds. The summed E-state index contributed by atoms with van der Waals surface area (Å²) in [6, 6.07) is 22.8. The molecule has 7 heteroatoms. The summed E-state index contributed by atoms with van der Waals surface area (Å²) in [5.74, 6) is 2.13. The average molecular weight is 475 g/mol. The molecule has 0 aliphatic rings. The number of hydrogen-bond acceptors (Lipinski definition) is 5. The van der Waals surface area contributed by atoms with Gasteiger partial charge in [0.2, 0.25) is 5.91 Å². The molecule has 0 spiro atoms. The molecule has 174 valence electrons. The van der Waals surface area contributed by atoms with E-state index in [1.54, 1.807) is 7.11 Å². The standard InChI is InChI=1S/C27H27ClN4O2/c1-3-16-32(17-15-25(33)29-21-10-12-22(34-2)13-11-21)27-23-14-9-20(28)18-24(23)30-26(31-27)19-7-5-4-6-8-19/h4-14,18H,3,15-17H2,1-2H3,(H,29,33). The van der Waals surface area contributed by atoms with Crippen molar-refractivity contribution in [2.75, 3.05) is 30.4 Å². The third-order valence-corrected chi connectivity index (χ3v) is 5.68. The number of amides is 1. The number of halogens is 1. The van der Waals surface area contributed by atoms with Crippen LogP contribution < -0.4 is 15.0 Å². The molecule has 4 aromatic rings. The van der Waals surface area contributed by atoms with Gasteiger partial charge in [-0.05, 0) is 48.9 Å². The molecular formula is C27H27ClN4O2. The monoisotopic (exact) mass is 474 g/mol. The topological polar surface area (TPSA) is 67.4 Å². The maximum Gasteiger partial charge on any atom is 0.226 e. The smallest absolute Gasteiger partial charge is 0.226 e. The molecule has 0 bridgehead atoms. The number of fused-ring (bicyclic) bond motifs is 1. The molecular weight excluding hydrogens is 448 g/mol. The molecule has 34 heavy (non-hydrogen) atoms. The fourth-order valence-electron chi connectivity index (χ4n) is 3.77. The second-order valence-electron chi connectivity index (χ2n) is 7.91. The molecule has 0 atom stereocenters. The molecule has 1 N–H and O–H groups in total. The maximum atomic E-state index is 12.7. The van der Waals surface area contributed by atoms with Crippen LogP contribution in [0.1, 0.15) is 19.8 Å². The van der Waals surface area contributed by atoms with Crippen molar-refractivity contribution in [2.45, 2.75) is 19.8 Å². The Balaban J connectivity index is 1.60. The van der Waals surface area contributed by atoms with E-state index in [2.05, 4.69) is 17.1 Å². The Hall–Kier alpha value is -3.64. The number of rotatable bonds is 9. The number of aromatic nitrogens is 2. The van der Waals surface area contributed by atoms with E-state index in [0.29, 0.717) is 23.8 Å². The highest BCUT2D eigenvalue weighted by Gasteiger charge is 2.17. The second kappa shape index (κ2) is 11.0. The first-order chi connectivity index (χ1) is 16.6. The Morgan fingerprint density at radius 1 is 1.00 bits per heavy atom. The van der Waals surface area contributed by atoms with Crippen molar-refractivity contribution >= 4 is 39.9 Å². The summed E-state index contributed by atoms with van der Waals surface area (Å²) in [6.45, 7) is 3.40. The number of hydrogen-bond donors (Lipinski definition) is 1. The van der Waals surface area contributed by atoms with Crippen LogP contribution in [0.2, 0.25) is 5.02 Å². The van der Waals surface area contributed by atoms with E-state index >= 15 is 0 Å². The summed E-state index contributed by atoms with van der Waals surface area (Å²) in [4.78, 5) is 24.5. The van der Waals surface area contributed by atoms with Crippen molar-refractivity contribution in [1.82, 2.24) is 9.97 Å². The second-order valence-corrected chi connectivity index (χ2v) is 8.35. The number of ether oxygens (including phenoxy) is 1. The van der Waals surface area contributed by atoms with E-state index in [1.165, 1.54) is 0 Å². The SMILES string of the molecule is CCCN(CCC(=O)Nc1ccc(OC)cc1)c1nc(-c2ccccc2)nc2cc(Cl)ccc12. The van der Waals surface area contributed by atoms with Gasteiger partial charge >= 0.3 is 0 Å². The van der Waals surface area contributed by atoms with Gasteiger partial charge in [-0.2, -0.15) is 0 Å². The molecule has 0 saturated heterocycles. The zero-order chi connectivity index (χ0) is 23.9. The van der Waals surface area contributed by atoms with Crippen molar-refractivity contribution < 1.29 is 9.53 Å². The highest BCUT2D eigenvalue weighted by molar-refractivity contribution is 6.31. The molecule has 4 rings (SSSR count). The highest BCUT2D eigenvalue weighted by atomic mass is 35.5. The quantitative estimate of drug-likeness (QED) is 0.312. The van der Waals surface area contributed by atoms with Gasteiger partial charge in [0.25, 0.3) is 0 Å². The van der Waals surface area contributed by atoms with Gasteiger partial charge in [-0.15, -0.1) is 0 Å². The van der Waals surface area contributed by atoms with Gasteiger partial charge in [0.05, 0.1) is 12.6 Å². The van der Waals surface area contributed by atoms with Gasteiger partial charge in [-0.1, -0.05) is 48.9 Å². The number of nitrogens with zero attached hydrogens (tertiary/aromatic N) is 3. The van der Waals surface area contributed by atoms with Crippen LogP contribution in [0.5, 0.6) is 5.75 Å². The van der Waals surface area contributed by atoms with Crippen molar-refractivity contribution in [3.8, 4) is 17.1 Å². The van der Waals surface area contributed by atoms with Crippen LogP contribution in [0.25, 0.3) is 22.3 Å². The summed E-state index contributed by atoms with van der Waals surface area (Å²) < 4.78 is 5.17. The lowest BCUT2D eigenvalue weighted by Crippen LogP contribution is -2.29. The summed E-state index contributed by atoms with van der Waals surface area (Å²) in [7, 11) is 1.61. The van der Waals surface area contributed by atoms with E-state index in [1.807, 2.05) is 72.8 Å². The number of carbonyl (C=O) groups excluding carboxylic acids is 1. The minimum absolute atomic E-state index is 0.0593. The highest BCUT2D eigenvalue weighted by Crippen LogP contribution is 2.30. The number of carbonyl (C=O) groups is 1. The number of benzene rings is 3. The maximum absolute atomic E-state index is 12.7. The van der Waals surface area contributed by atoms with Crippen molar-refractivity contribution in [2.24, 2.45) is 0 Å². The number of anilines is 2. The molecule has 0 saturated carbocycles. The normalized spacial score (nSPS) is 10.8. The Morgan fingerprint density at radius 3 is 2.47 bits per heavy atom. The van der Waals surface area contributed by atoms with E-state index in [-0.39, 0.29) is 5.91 Å². The van der Waals surface area contributed by atoms with E-state index in [0.717, 1.165) is 46.7 Å². The van der Waals surface area contributed by atoms with Gasteiger partial charge in [0.15, 0.2) is 5.82 Å². The van der Waals surface area contributed by atoms with Crippen LogP contribution in [0.3, 0.4) is 0 Å². The van der Waals surface area contributed by atoms with Gasteiger partial charge < -0.3 is 15.0 Å². The molecule has 0 radical (unpaired) electrons. The van der Waals surface area contributed by atoms with Crippen molar-refractivity contribution in [1.29, 1.82) is 0 Å². The van der Waals surface area contributed by atoms with Crippen LogP contribution in [0.4, 0.5) is 11.5 Å². The fraction of sp³-hybridized carbons (Fsp3) is 0.222. The lowest BCUT2D eigenvalue weighted by molar-refractivity contribution is -0.116. The molecule has 0 aliphatic heterocycles. The molecule has 0 unspecified atom stereocenters. The zero-order valence-corrected chi connectivity index (χ0v) is 20.0. The summed E-state index contributed by atoms with van der Waals surface area (Å²) in [5, 5.41) is 4.49. The fourth-order valence-corrected chi connectivity index (χ4v) is 3.94. The first-order valence-electron chi connectivity index (χ1n) is 11.3. The first-order valence-corrected chi connectivity index (χ1v) is 11.7. The predicted octanol–water partition coefficient (Wildman–Crippen LogP) is 6.20. The number of methoxy groups -OCH3 is 1. The van der Waals surface area contributed by atoms with Gasteiger partial charge in [-0.3, -0.25) is 4.79 Å². The Kier molecular flexibility index (Phi) is 7.60. The number of nitrogens with one attached hydrogen (secondary N) is 1. The average Bonchev–Trinajstić information content (AvgIpc) is 2.86. The lowest BCUT2D eigenvalue weighted by Gasteiger charge is -2.25. The minimum atomic E-state index is -0.0593. The van der Waals surface area contributed by atoms with Gasteiger partial charge in [0, 0.05) is 41.2 Å². The summed E-state index contributed by atoms with van der Waals surface area (Å²) in [5.41, 5.74) is 2.45. The third-order valence-electron chi connectivity index (χ3n) is 5.45. The molecule has 1 heterocycles. The van der Waals surface area contributed by atoms with Gasteiger partial charge in [-0.25, -0.2) is 9.97 Å². The predicted molar refractivity (Wildman–Crippen MR) is 139 cm³/mol. The van der Waals surface area contributed by atoms with E-state index in [4.69, 9.17) is 26.3 Å². The van der Waals surface area contributed by atoms with Gasteiger partial charge in [0.1, 0.15) is 11.6 Å². The van der Waals surface area contributed by atoms with Crippen LogP contribution in [-0.4, -0.2) is 36.1 Å². The van der Waals surface area contributed by atoms with Crippen molar-refractivity contribution in [3.63, 3.8) is 0 Å². The van der Waals surface area contributed by atoms with E-state index < -0.39 is 0 Å².